The third-order valence-electron chi connectivity index (χ3n) is 3.36. The average molecular weight is 354 g/mol. The number of carbonyl (C=O) groups is 1. The van der Waals surface area contributed by atoms with Gasteiger partial charge in [0.05, 0.1) is 0 Å². The Morgan fingerprint density at radius 1 is 1.06 bits per heavy atom. The van der Waals surface area contributed by atoms with E-state index >= 15 is 0 Å². The summed E-state index contributed by atoms with van der Waals surface area (Å²) in [4.78, 5) is 14.3. The van der Waals surface area contributed by atoms with E-state index in [4.69, 9.17) is 0 Å². The van der Waals surface area contributed by atoms with Crippen molar-refractivity contribution < 1.29 is 4.79 Å². The van der Waals surface area contributed by atoms with Crippen molar-refractivity contribution in [3.8, 4) is 0 Å². The van der Waals surface area contributed by atoms with Gasteiger partial charge in [-0.15, -0.1) is 0 Å². The zero-order valence-corrected chi connectivity index (χ0v) is 13.9. The van der Waals surface area contributed by atoms with Crippen LogP contribution in [0.4, 0.5) is 0 Å². The zero-order valence-electron chi connectivity index (χ0n) is 11.5. The molecule has 2 nitrogen and oxygen atoms in total. The summed E-state index contributed by atoms with van der Waals surface area (Å²) >= 11 is -1.09. The summed E-state index contributed by atoms with van der Waals surface area (Å²) in [6, 6.07) is 0. The molecule has 0 unspecified atom stereocenters. The van der Waals surface area contributed by atoms with Crippen molar-refractivity contribution in [2.45, 2.75) is 65.8 Å². The second-order valence-corrected chi connectivity index (χ2v) is 11.6. The Bertz CT molecular complexity index is 206. The van der Waals surface area contributed by atoms with Crippen LogP contribution in [-0.4, -0.2) is 43.4 Å². The molecule has 0 aliphatic carbocycles. The maximum absolute atomic E-state index is 12.2. The van der Waals surface area contributed by atoms with Crippen molar-refractivity contribution in [1.82, 2.24) is 4.90 Å². The summed E-state index contributed by atoms with van der Waals surface area (Å²) < 4.78 is 3.81. The summed E-state index contributed by atoms with van der Waals surface area (Å²) in [5.74, 6) is 0.492. The normalized spacial score (nSPS) is 15.8. The van der Waals surface area contributed by atoms with Crippen LogP contribution >= 0.6 is 0 Å². The number of amides is 1. The van der Waals surface area contributed by atoms with E-state index in [1.54, 1.807) is 0 Å². The zero-order chi connectivity index (χ0) is 12.5. The van der Waals surface area contributed by atoms with Gasteiger partial charge < -0.3 is 0 Å². The molecule has 0 atom stereocenters. The molecule has 0 aromatic rings. The molecule has 0 spiro atoms. The van der Waals surface area contributed by atoms with Crippen molar-refractivity contribution in [3.63, 3.8) is 0 Å². The Kier molecular flexibility index (Phi) is 8.31. The molecule has 3 heteroatoms. The van der Waals surface area contributed by atoms with Gasteiger partial charge in [0, 0.05) is 0 Å². The molecule has 1 saturated heterocycles. The molecule has 100 valence electrons. The van der Waals surface area contributed by atoms with E-state index in [0.717, 1.165) is 17.6 Å². The predicted molar refractivity (Wildman–Crippen MR) is 75.8 cm³/mol. The first-order valence-electron chi connectivity index (χ1n) is 7.19. The number of hydrogen-bond acceptors (Lipinski definition) is 1. The van der Waals surface area contributed by atoms with Gasteiger partial charge in [-0.1, -0.05) is 0 Å². The molecular formula is C14H28NOTe+. The maximum atomic E-state index is 12.2. The second-order valence-electron chi connectivity index (χ2n) is 4.96. The van der Waals surface area contributed by atoms with Gasteiger partial charge in [-0.3, -0.25) is 0 Å². The number of carbonyl (C=O) groups excluding carboxylic acids is 1. The van der Waals surface area contributed by atoms with Crippen LogP contribution in [0.5, 0.6) is 0 Å². The average Bonchev–Trinajstić information content (AvgIpc) is 2.86. The Balaban J connectivity index is 2.31. The van der Waals surface area contributed by atoms with Crippen molar-refractivity contribution >= 4 is 25.5 Å². The van der Waals surface area contributed by atoms with Crippen molar-refractivity contribution in [3.05, 3.63) is 0 Å². The van der Waals surface area contributed by atoms with E-state index in [1.165, 1.54) is 47.5 Å². The quantitative estimate of drug-likeness (QED) is 0.609. The number of nitrogens with zero attached hydrogens (tertiary/aromatic N) is 1. The summed E-state index contributed by atoms with van der Waals surface area (Å²) in [5, 5.41) is 0. The topological polar surface area (TPSA) is 20.3 Å². The van der Waals surface area contributed by atoms with Gasteiger partial charge in [0.1, 0.15) is 0 Å². The number of hydrogen-bond donors (Lipinski definition) is 0. The minimum atomic E-state index is -1.09. The van der Waals surface area contributed by atoms with E-state index in [-0.39, 0.29) is 0 Å². The van der Waals surface area contributed by atoms with Crippen LogP contribution in [0.15, 0.2) is 0 Å². The molecule has 1 fully saturated rings. The van der Waals surface area contributed by atoms with Gasteiger partial charge >= 0.3 is 114 Å². The molecule has 1 rings (SSSR count). The van der Waals surface area contributed by atoms with Crippen molar-refractivity contribution in [1.29, 1.82) is 0 Å². The molecule has 1 aliphatic rings. The predicted octanol–water partition coefficient (Wildman–Crippen LogP) is 3.70. The van der Waals surface area contributed by atoms with E-state index in [2.05, 4.69) is 18.7 Å². The van der Waals surface area contributed by atoms with Crippen LogP contribution in [0, 0.1) is 0 Å². The summed E-state index contributed by atoms with van der Waals surface area (Å²) in [6.45, 7) is 6.59. The Labute approximate surface area is 114 Å². The summed E-state index contributed by atoms with van der Waals surface area (Å²) in [5.41, 5.74) is 0. The van der Waals surface area contributed by atoms with Gasteiger partial charge in [0.15, 0.2) is 0 Å². The number of rotatable bonds is 8. The van der Waals surface area contributed by atoms with Gasteiger partial charge in [-0.2, -0.15) is 0 Å². The van der Waals surface area contributed by atoms with Crippen LogP contribution < -0.4 is 0 Å². The fraction of sp³-hybridized carbons (Fsp3) is 0.929. The van der Waals surface area contributed by atoms with Crippen LogP contribution in [0.3, 0.4) is 0 Å². The monoisotopic (exact) mass is 356 g/mol. The van der Waals surface area contributed by atoms with E-state index in [9.17, 15) is 4.79 Å². The third-order valence-corrected chi connectivity index (χ3v) is 10.2. The molecule has 0 aromatic heterocycles. The molecule has 0 radical (unpaired) electrons. The first-order chi connectivity index (χ1) is 8.27. The SMILES string of the molecule is CCCC[Te+](CCCC)CC(=O)N1CCCC1. The van der Waals surface area contributed by atoms with Crippen molar-refractivity contribution in [2.75, 3.05) is 13.1 Å². The van der Waals surface area contributed by atoms with Crippen LogP contribution in [0.2, 0.25) is 13.4 Å². The molecule has 17 heavy (non-hydrogen) atoms. The van der Waals surface area contributed by atoms with Gasteiger partial charge in [-0.05, 0) is 0 Å². The fourth-order valence-electron chi connectivity index (χ4n) is 2.18. The molecule has 0 N–H and O–H groups in total. The second kappa shape index (κ2) is 9.22. The first-order valence-corrected chi connectivity index (χ1v) is 12.1. The molecule has 1 heterocycles. The van der Waals surface area contributed by atoms with E-state index in [1.807, 2.05) is 0 Å². The van der Waals surface area contributed by atoms with Crippen molar-refractivity contribution in [2.24, 2.45) is 0 Å². The van der Waals surface area contributed by atoms with E-state index in [0.29, 0.717) is 5.91 Å². The third kappa shape index (κ3) is 6.11. The molecule has 0 saturated carbocycles. The summed E-state index contributed by atoms with van der Waals surface area (Å²) in [6.07, 6.45) is 7.75. The number of likely N-dealkylation sites (tertiary alicyclic amines) is 1. The molecule has 0 aromatic carbocycles. The van der Waals surface area contributed by atoms with Crippen LogP contribution in [0.25, 0.3) is 0 Å². The Morgan fingerprint density at radius 2 is 1.59 bits per heavy atom. The molecule has 0 bridgehead atoms. The van der Waals surface area contributed by atoms with Crippen LogP contribution in [0.1, 0.15) is 52.4 Å². The molecular weight excluding hydrogens is 326 g/mol. The standard InChI is InChI=1S/C14H28NOTe/c1-3-5-11-17(12-6-4-2)13-14(16)15-9-7-8-10-15/h3-13H2,1-2H3/q+1. The van der Waals surface area contributed by atoms with Gasteiger partial charge in [0.2, 0.25) is 0 Å². The number of unbranched alkanes of at least 4 members (excludes halogenated alkanes) is 2. The minimum absolute atomic E-state index is 0.492. The first kappa shape index (κ1) is 15.3. The van der Waals surface area contributed by atoms with Gasteiger partial charge in [0.25, 0.3) is 0 Å². The molecule has 1 aliphatic heterocycles. The summed E-state index contributed by atoms with van der Waals surface area (Å²) in [7, 11) is 0. The van der Waals surface area contributed by atoms with Gasteiger partial charge in [-0.25, -0.2) is 0 Å². The Hall–Kier alpha value is 0.260. The van der Waals surface area contributed by atoms with E-state index < -0.39 is 19.6 Å². The Morgan fingerprint density at radius 3 is 2.06 bits per heavy atom. The molecule has 1 amide bonds. The fourth-order valence-corrected chi connectivity index (χ4v) is 9.08. The van der Waals surface area contributed by atoms with Crippen LogP contribution in [-0.2, 0) is 4.79 Å².